The van der Waals surface area contributed by atoms with Gasteiger partial charge in [0.15, 0.2) is 0 Å². The lowest BCUT2D eigenvalue weighted by Crippen LogP contribution is -2.43. The molecule has 4 heteroatoms. The van der Waals surface area contributed by atoms with E-state index < -0.39 is 0 Å². The van der Waals surface area contributed by atoms with Crippen LogP contribution >= 0.6 is 11.6 Å². The second-order valence-electron chi connectivity index (χ2n) is 5.04. The Bertz CT molecular complexity index is 457. The Morgan fingerprint density at radius 2 is 2.18 bits per heavy atom. The Kier molecular flexibility index (Phi) is 3.15. The number of benzene rings is 1. The largest absolute Gasteiger partial charge is 0.324 e. The molecule has 2 rings (SSSR count). The summed E-state index contributed by atoms with van der Waals surface area (Å²) in [4.78, 5) is 11.9. The van der Waals surface area contributed by atoms with E-state index >= 15 is 0 Å². The van der Waals surface area contributed by atoms with Crippen molar-refractivity contribution >= 4 is 23.2 Å². The molecule has 0 aliphatic carbocycles. The highest BCUT2D eigenvalue weighted by Crippen LogP contribution is 2.34. The van der Waals surface area contributed by atoms with E-state index in [1.165, 1.54) is 0 Å². The fraction of sp³-hybridized carbons (Fsp3) is 0.462. The summed E-state index contributed by atoms with van der Waals surface area (Å²) in [5.41, 5.74) is 1.71. The zero-order chi connectivity index (χ0) is 12.6. The zero-order valence-electron chi connectivity index (χ0n) is 10.3. The first-order valence-corrected chi connectivity index (χ1v) is 6.19. The maximum atomic E-state index is 11.9. The molecule has 1 unspecified atom stereocenters. The molecule has 92 valence electrons. The summed E-state index contributed by atoms with van der Waals surface area (Å²) in [5, 5.41) is 6.88. The van der Waals surface area contributed by atoms with Gasteiger partial charge in [0.05, 0.1) is 0 Å². The number of hydrogen-bond acceptors (Lipinski definition) is 2. The molecule has 1 aliphatic rings. The minimum absolute atomic E-state index is 0.0104. The third-order valence-corrected chi connectivity index (χ3v) is 3.50. The number of rotatable bonds is 3. The molecule has 1 aromatic rings. The van der Waals surface area contributed by atoms with Gasteiger partial charge in [-0.05, 0) is 38.5 Å². The van der Waals surface area contributed by atoms with Crippen LogP contribution in [0.5, 0.6) is 0 Å². The van der Waals surface area contributed by atoms with Gasteiger partial charge in [-0.15, -0.1) is 0 Å². The number of anilines is 1. The molecule has 0 saturated carbocycles. The minimum atomic E-state index is -0.307. The SMILES string of the molecule is CCC(C)(C)NC1C(=O)Nc2ccc(Cl)cc21. The van der Waals surface area contributed by atoms with E-state index in [0.29, 0.717) is 5.02 Å². The molecule has 1 aliphatic heterocycles. The van der Waals surface area contributed by atoms with Crippen LogP contribution in [0.25, 0.3) is 0 Å². The lowest BCUT2D eigenvalue weighted by atomic mass is 9.98. The highest BCUT2D eigenvalue weighted by atomic mass is 35.5. The summed E-state index contributed by atoms with van der Waals surface area (Å²) in [5.74, 6) is -0.0104. The Morgan fingerprint density at radius 3 is 2.82 bits per heavy atom. The van der Waals surface area contributed by atoms with Gasteiger partial charge < -0.3 is 5.32 Å². The predicted molar refractivity (Wildman–Crippen MR) is 70.3 cm³/mol. The van der Waals surface area contributed by atoms with Gasteiger partial charge in [-0.25, -0.2) is 0 Å². The van der Waals surface area contributed by atoms with Crippen LogP contribution in [0.15, 0.2) is 18.2 Å². The van der Waals surface area contributed by atoms with Gasteiger partial charge in [0.25, 0.3) is 0 Å². The third-order valence-electron chi connectivity index (χ3n) is 3.26. The van der Waals surface area contributed by atoms with E-state index in [0.717, 1.165) is 17.7 Å². The maximum Gasteiger partial charge on any atom is 0.246 e. The van der Waals surface area contributed by atoms with E-state index in [-0.39, 0.29) is 17.5 Å². The molecule has 1 atom stereocenters. The van der Waals surface area contributed by atoms with E-state index in [1.54, 1.807) is 6.07 Å². The van der Waals surface area contributed by atoms with E-state index in [1.807, 2.05) is 12.1 Å². The molecule has 3 nitrogen and oxygen atoms in total. The number of amides is 1. The normalized spacial score (nSPS) is 19.1. The first-order chi connectivity index (χ1) is 7.93. The average Bonchev–Trinajstić information content (AvgIpc) is 2.56. The van der Waals surface area contributed by atoms with Gasteiger partial charge in [-0.3, -0.25) is 10.1 Å². The molecule has 1 amide bonds. The third kappa shape index (κ3) is 2.45. The molecule has 17 heavy (non-hydrogen) atoms. The van der Waals surface area contributed by atoms with Crippen LogP contribution in [0, 0.1) is 0 Å². The van der Waals surface area contributed by atoms with Gasteiger partial charge in [0, 0.05) is 21.8 Å². The van der Waals surface area contributed by atoms with Crippen molar-refractivity contribution in [2.24, 2.45) is 0 Å². The summed E-state index contributed by atoms with van der Waals surface area (Å²) >= 11 is 5.97. The fourth-order valence-corrected chi connectivity index (χ4v) is 2.05. The number of nitrogens with one attached hydrogen (secondary N) is 2. The van der Waals surface area contributed by atoms with E-state index in [9.17, 15) is 4.79 Å². The minimum Gasteiger partial charge on any atom is -0.324 e. The van der Waals surface area contributed by atoms with E-state index in [2.05, 4.69) is 31.4 Å². The number of halogens is 1. The highest BCUT2D eigenvalue weighted by Gasteiger charge is 2.33. The van der Waals surface area contributed by atoms with Crippen molar-refractivity contribution in [3.63, 3.8) is 0 Å². The monoisotopic (exact) mass is 252 g/mol. The Labute approximate surface area is 107 Å². The van der Waals surface area contributed by atoms with Crippen LogP contribution in [0.3, 0.4) is 0 Å². The second-order valence-corrected chi connectivity index (χ2v) is 5.47. The number of carbonyl (C=O) groups excluding carboxylic acids is 1. The lowest BCUT2D eigenvalue weighted by Gasteiger charge is -2.28. The Balaban J connectivity index is 2.31. The molecule has 0 fully saturated rings. The van der Waals surface area contributed by atoms with Crippen molar-refractivity contribution in [1.29, 1.82) is 0 Å². The van der Waals surface area contributed by atoms with Crippen molar-refractivity contribution in [3.05, 3.63) is 28.8 Å². The summed E-state index contributed by atoms with van der Waals surface area (Å²) in [6.07, 6.45) is 0.951. The number of fused-ring (bicyclic) bond motifs is 1. The zero-order valence-corrected chi connectivity index (χ0v) is 11.1. The van der Waals surface area contributed by atoms with Crippen LogP contribution in [0.4, 0.5) is 5.69 Å². The molecule has 0 radical (unpaired) electrons. The maximum absolute atomic E-state index is 11.9. The quantitative estimate of drug-likeness (QED) is 0.868. The molecule has 1 aromatic carbocycles. The Morgan fingerprint density at radius 1 is 1.47 bits per heavy atom. The summed E-state index contributed by atoms with van der Waals surface area (Å²) < 4.78 is 0. The van der Waals surface area contributed by atoms with Crippen LogP contribution in [0.1, 0.15) is 38.8 Å². The van der Waals surface area contributed by atoms with Crippen LogP contribution in [-0.2, 0) is 4.79 Å². The number of carbonyl (C=O) groups is 1. The average molecular weight is 253 g/mol. The molecular weight excluding hydrogens is 236 g/mol. The molecule has 0 saturated heterocycles. The highest BCUT2D eigenvalue weighted by molar-refractivity contribution is 6.31. The first-order valence-electron chi connectivity index (χ1n) is 5.81. The van der Waals surface area contributed by atoms with Gasteiger partial charge in [-0.2, -0.15) is 0 Å². The molecule has 2 N–H and O–H groups in total. The molecule has 0 aromatic heterocycles. The summed E-state index contributed by atoms with van der Waals surface area (Å²) in [6, 6.07) is 5.17. The van der Waals surface area contributed by atoms with Gasteiger partial charge in [-0.1, -0.05) is 18.5 Å². The van der Waals surface area contributed by atoms with Crippen molar-refractivity contribution in [3.8, 4) is 0 Å². The number of hydrogen-bond donors (Lipinski definition) is 2. The van der Waals surface area contributed by atoms with Crippen molar-refractivity contribution in [2.45, 2.75) is 38.8 Å². The van der Waals surface area contributed by atoms with Crippen molar-refractivity contribution in [1.82, 2.24) is 5.32 Å². The second kappa shape index (κ2) is 4.31. The van der Waals surface area contributed by atoms with Crippen molar-refractivity contribution in [2.75, 3.05) is 5.32 Å². The Hall–Kier alpha value is -1.06. The predicted octanol–water partition coefficient (Wildman–Crippen LogP) is 3.11. The van der Waals surface area contributed by atoms with Gasteiger partial charge >= 0.3 is 0 Å². The van der Waals surface area contributed by atoms with Crippen LogP contribution < -0.4 is 10.6 Å². The molecule has 0 spiro atoms. The molecule has 0 bridgehead atoms. The van der Waals surface area contributed by atoms with Crippen LogP contribution in [-0.4, -0.2) is 11.4 Å². The van der Waals surface area contributed by atoms with E-state index in [4.69, 9.17) is 11.6 Å². The van der Waals surface area contributed by atoms with Gasteiger partial charge in [0.2, 0.25) is 5.91 Å². The fourth-order valence-electron chi connectivity index (χ4n) is 1.87. The van der Waals surface area contributed by atoms with Gasteiger partial charge in [0.1, 0.15) is 6.04 Å². The van der Waals surface area contributed by atoms with Crippen molar-refractivity contribution < 1.29 is 4.79 Å². The standard InChI is InChI=1S/C13H17ClN2O/c1-4-13(2,3)16-11-9-7-8(14)5-6-10(9)15-12(11)17/h5-7,11,16H,4H2,1-3H3,(H,15,17). The van der Waals surface area contributed by atoms with Crippen LogP contribution in [0.2, 0.25) is 5.02 Å². The summed E-state index contributed by atoms with van der Waals surface area (Å²) in [6.45, 7) is 6.27. The lowest BCUT2D eigenvalue weighted by molar-refractivity contribution is -0.118. The molecular formula is C13H17ClN2O. The summed E-state index contributed by atoms with van der Waals surface area (Å²) in [7, 11) is 0. The first kappa shape index (κ1) is 12.4. The topological polar surface area (TPSA) is 41.1 Å². The smallest absolute Gasteiger partial charge is 0.246 e. The molecule has 1 heterocycles.